The Morgan fingerprint density at radius 3 is 2.54 bits per heavy atom. The summed E-state index contributed by atoms with van der Waals surface area (Å²) in [6.07, 6.45) is 0. The highest BCUT2D eigenvalue weighted by molar-refractivity contribution is 5.79. The number of nitrogens with zero attached hydrogens (tertiary/aromatic N) is 3. The smallest absolute Gasteiger partial charge is 0.232 e. The number of hydrogen-bond donors (Lipinski definition) is 2. The Kier molecular flexibility index (Phi) is 5.54. The van der Waals surface area contributed by atoms with Crippen molar-refractivity contribution in [3.05, 3.63) is 46.9 Å². The largest absolute Gasteiger partial charge is 0.352 e. The number of aliphatic imine (C=N–C) groups is 1. The van der Waals surface area contributed by atoms with E-state index in [-0.39, 0.29) is 11.2 Å². The average Bonchev–Trinajstić information content (AvgIpc) is 3.00. The van der Waals surface area contributed by atoms with E-state index in [0.29, 0.717) is 36.3 Å². The van der Waals surface area contributed by atoms with Crippen LogP contribution in [0.3, 0.4) is 0 Å². The topological polar surface area (TPSA) is 75.3 Å². The van der Waals surface area contributed by atoms with Crippen LogP contribution < -0.4 is 10.6 Å². The Morgan fingerprint density at radius 1 is 1.25 bits per heavy atom. The summed E-state index contributed by atoms with van der Waals surface area (Å²) in [5.74, 6) is 1.53. The minimum Gasteiger partial charge on any atom is -0.352 e. The maximum absolute atomic E-state index is 13.6. The van der Waals surface area contributed by atoms with Crippen LogP contribution in [0.5, 0.6) is 0 Å². The molecule has 24 heavy (non-hydrogen) atoms. The number of aromatic nitrogens is 2. The minimum absolute atomic E-state index is 0.180. The zero-order valence-electron chi connectivity index (χ0n) is 14.8. The number of aryl methyl sites for hydroxylation is 1. The molecule has 0 unspecified atom stereocenters. The second-order valence-corrected chi connectivity index (χ2v) is 6.63. The number of benzene rings is 1. The van der Waals surface area contributed by atoms with Crippen molar-refractivity contribution in [2.75, 3.05) is 7.05 Å². The van der Waals surface area contributed by atoms with E-state index in [1.165, 1.54) is 6.07 Å². The van der Waals surface area contributed by atoms with Gasteiger partial charge in [0.05, 0.1) is 6.54 Å². The van der Waals surface area contributed by atoms with Gasteiger partial charge < -0.3 is 15.2 Å². The van der Waals surface area contributed by atoms with Gasteiger partial charge >= 0.3 is 0 Å². The first-order chi connectivity index (χ1) is 11.3. The molecule has 0 atom stereocenters. The molecule has 1 heterocycles. The van der Waals surface area contributed by atoms with E-state index in [2.05, 4.69) is 25.8 Å². The summed E-state index contributed by atoms with van der Waals surface area (Å²) in [6.45, 7) is 8.64. The molecular formula is C17H24FN5O. The van der Waals surface area contributed by atoms with Crippen molar-refractivity contribution in [1.82, 2.24) is 20.8 Å². The highest BCUT2D eigenvalue weighted by atomic mass is 19.1. The van der Waals surface area contributed by atoms with Crippen molar-refractivity contribution in [3.63, 3.8) is 0 Å². The molecule has 0 radical (unpaired) electrons. The lowest BCUT2D eigenvalue weighted by molar-refractivity contribution is 0.318. The maximum Gasteiger partial charge on any atom is 0.232 e. The van der Waals surface area contributed by atoms with E-state index in [1.807, 2.05) is 26.8 Å². The van der Waals surface area contributed by atoms with Crippen molar-refractivity contribution >= 4 is 5.96 Å². The van der Waals surface area contributed by atoms with Crippen molar-refractivity contribution in [3.8, 4) is 0 Å². The Balaban J connectivity index is 1.88. The standard InChI is InChI=1S/C17H24FN5O/c1-11-6-7-12(8-13(11)18)9-20-16(19-5)21-10-14-22-15(24-23-14)17(2,3)4/h6-8H,9-10H2,1-5H3,(H2,19,20,21). The zero-order chi connectivity index (χ0) is 17.7. The van der Waals surface area contributed by atoms with Gasteiger partial charge in [0.25, 0.3) is 0 Å². The minimum atomic E-state index is -0.209. The first kappa shape index (κ1) is 17.9. The Labute approximate surface area is 141 Å². The average molecular weight is 333 g/mol. The second kappa shape index (κ2) is 7.42. The molecule has 1 aromatic carbocycles. The van der Waals surface area contributed by atoms with Crippen molar-refractivity contribution in [1.29, 1.82) is 0 Å². The summed E-state index contributed by atoms with van der Waals surface area (Å²) in [6, 6.07) is 5.16. The van der Waals surface area contributed by atoms with Gasteiger partial charge in [-0.3, -0.25) is 4.99 Å². The molecule has 0 amide bonds. The number of hydrogen-bond acceptors (Lipinski definition) is 4. The predicted molar refractivity (Wildman–Crippen MR) is 91.2 cm³/mol. The number of rotatable bonds is 4. The Bertz CT molecular complexity index is 718. The molecule has 7 heteroatoms. The lowest BCUT2D eigenvalue weighted by atomic mass is 9.97. The molecular weight excluding hydrogens is 309 g/mol. The fourth-order valence-electron chi connectivity index (χ4n) is 1.95. The number of nitrogens with one attached hydrogen (secondary N) is 2. The molecule has 0 spiro atoms. The van der Waals surface area contributed by atoms with Crippen LogP contribution in [0.2, 0.25) is 0 Å². The quantitative estimate of drug-likeness (QED) is 0.665. The molecule has 2 aromatic rings. The van der Waals surface area contributed by atoms with Crippen LogP contribution in [0.4, 0.5) is 4.39 Å². The van der Waals surface area contributed by atoms with Crippen molar-refractivity contribution in [2.45, 2.75) is 46.2 Å². The SMILES string of the molecule is CN=C(NCc1ccc(C)c(F)c1)NCc1noc(C(C)(C)C)n1. The summed E-state index contributed by atoms with van der Waals surface area (Å²) in [5, 5.41) is 10.2. The van der Waals surface area contributed by atoms with E-state index in [4.69, 9.17) is 4.52 Å². The molecule has 0 aliphatic carbocycles. The van der Waals surface area contributed by atoms with E-state index >= 15 is 0 Å². The molecule has 0 fully saturated rings. The molecule has 6 nitrogen and oxygen atoms in total. The van der Waals surface area contributed by atoms with Crippen LogP contribution in [-0.2, 0) is 18.5 Å². The van der Waals surface area contributed by atoms with E-state index in [1.54, 1.807) is 20.0 Å². The first-order valence-electron chi connectivity index (χ1n) is 7.82. The Morgan fingerprint density at radius 2 is 1.96 bits per heavy atom. The predicted octanol–water partition coefficient (Wildman–Crippen LogP) is 2.68. The Hall–Kier alpha value is -2.44. The van der Waals surface area contributed by atoms with Gasteiger partial charge in [-0.25, -0.2) is 4.39 Å². The van der Waals surface area contributed by atoms with Gasteiger partial charge in [0.2, 0.25) is 5.89 Å². The number of halogens is 1. The van der Waals surface area contributed by atoms with E-state index in [9.17, 15) is 4.39 Å². The third kappa shape index (κ3) is 4.78. The lowest BCUT2D eigenvalue weighted by Gasteiger charge is -2.11. The third-order valence-corrected chi connectivity index (χ3v) is 3.44. The molecule has 0 saturated heterocycles. The van der Waals surface area contributed by atoms with Crippen LogP contribution in [-0.4, -0.2) is 23.1 Å². The van der Waals surface area contributed by atoms with Gasteiger partial charge in [0.1, 0.15) is 5.82 Å². The zero-order valence-corrected chi connectivity index (χ0v) is 14.8. The normalized spacial score (nSPS) is 12.3. The van der Waals surface area contributed by atoms with Crippen LogP contribution in [0.1, 0.15) is 43.6 Å². The highest BCUT2D eigenvalue weighted by Gasteiger charge is 2.21. The highest BCUT2D eigenvalue weighted by Crippen LogP contribution is 2.19. The van der Waals surface area contributed by atoms with Gasteiger partial charge in [-0.2, -0.15) is 4.98 Å². The van der Waals surface area contributed by atoms with Gasteiger partial charge in [0.15, 0.2) is 11.8 Å². The van der Waals surface area contributed by atoms with Crippen LogP contribution in [0, 0.1) is 12.7 Å². The molecule has 130 valence electrons. The van der Waals surface area contributed by atoms with Crippen molar-refractivity contribution in [2.24, 2.45) is 4.99 Å². The van der Waals surface area contributed by atoms with Gasteiger partial charge in [-0.1, -0.05) is 38.1 Å². The molecule has 2 N–H and O–H groups in total. The van der Waals surface area contributed by atoms with E-state index < -0.39 is 0 Å². The molecule has 0 bridgehead atoms. The molecule has 2 rings (SSSR count). The summed E-state index contributed by atoms with van der Waals surface area (Å²) >= 11 is 0. The van der Waals surface area contributed by atoms with E-state index in [0.717, 1.165) is 5.56 Å². The summed E-state index contributed by atoms with van der Waals surface area (Å²) in [4.78, 5) is 8.48. The molecule has 0 saturated carbocycles. The van der Waals surface area contributed by atoms with Gasteiger partial charge in [-0.15, -0.1) is 0 Å². The van der Waals surface area contributed by atoms with Crippen LogP contribution in [0.15, 0.2) is 27.7 Å². The van der Waals surface area contributed by atoms with Crippen LogP contribution >= 0.6 is 0 Å². The van der Waals surface area contributed by atoms with Crippen molar-refractivity contribution < 1.29 is 8.91 Å². The maximum atomic E-state index is 13.6. The van der Waals surface area contributed by atoms with Gasteiger partial charge in [0, 0.05) is 19.0 Å². The fraction of sp³-hybridized carbons (Fsp3) is 0.471. The first-order valence-corrected chi connectivity index (χ1v) is 7.82. The van der Waals surface area contributed by atoms with Crippen LogP contribution in [0.25, 0.3) is 0 Å². The number of guanidine groups is 1. The monoisotopic (exact) mass is 333 g/mol. The fourth-order valence-corrected chi connectivity index (χ4v) is 1.95. The van der Waals surface area contributed by atoms with Gasteiger partial charge in [-0.05, 0) is 24.1 Å². The third-order valence-electron chi connectivity index (χ3n) is 3.44. The summed E-state index contributed by atoms with van der Waals surface area (Å²) in [7, 11) is 1.67. The summed E-state index contributed by atoms with van der Waals surface area (Å²) in [5.41, 5.74) is 1.30. The molecule has 1 aromatic heterocycles. The molecule has 0 aliphatic heterocycles. The lowest BCUT2D eigenvalue weighted by Crippen LogP contribution is -2.36. The second-order valence-electron chi connectivity index (χ2n) is 6.63. The summed E-state index contributed by atoms with van der Waals surface area (Å²) < 4.78 is 18.8. The molecule has 0 aliphatic rings.